The smallest absolute Gasteiger partial charge is 0.249 e. The van der Waals surface area contributed by atoms with E-state index in [1.54, 1.807) is 48.5 Å². The molecule has 0 fully saturated rings. The lowest BCUT2D eigenvalue weighted by molar-refractivity contribution is 0.0989. The maximum absolute atomic E-state index is 11.9. The van der Waals surface area contributed by atoms with E-state index in [4.69, 9.17) is 16.1 Å². The topological polar surface area (TPSA) is 149 Å². The minimum atomic E-state index is -0.557. The van der Waals surface area contributed by atoms with Crippen LogP contribution < -0.4 is 22.1 Å². The number of nitrogens with zero attached hydrogens (tertiary/aromatic N) is 2. The number of anilines is 2. The van der Waals surface area contributed by atoms with Gasteiger partial charge in [0.05, 0.1) is 12.1 Å². The van der Waals surface area contributed by atoms with Crippen LogP contribution in [-0.2, 0) is 0 Å². The number of carbonyl (C=O) groups excluding carboxylic acids is 2. The van der Waals surface area contributed by atoms with Crippen molar-refractivity contribution in [1.29, 1.82) is 0 Å². The highest BCUT2D eigenvalue weighted by atomic mass is 16.6. The van der Waals surface area contributed by atoms with E-state index in [-0.39, 0.29) is 0 Å². The molecule has 9 heteroatoms. The van der Waals surface area contributed by atoms with Crippen molar-refractivity contribution in [1.82, 2.24) is 10.3 Å². The van der Waals surface area contributed by atoms with Crippen LogP contribution in [0.4, 0.5) is 11.6 Å². The standard InChI is InChI=1S/C18H16N6O3/c19-15(25)11-7-3-1-5-9(11)13-14(22-18-17(21-13)23-27-24-18)10-6-2-4-8-12(10)16(20)26/h1-8,13-14H,(H2,19,25)(H2,20,26)(H,21,23)(H,22,24). The van der Waals surface area contributed by atoms with Gasteiger partial charge in [-0.25, -0.2) is 4.63 Å². The van der Waals surface area contributed by atoms with E-state index in [2.05, 4.69) is 20.9 Å². The van der Waals surface area contributed by atoms with Gasteiger partial charge in [0.2, 0.25) is 23.5 Å². The summed E-state index contributed by atoms with van der Waals surface area (Å²) in [5, 5.41) is 14.1. The van der Waals surface area contributed by atoms with Crippen molar-refractivity contribution in [3.8, 4) is 0 Å². The van der Waals surface area contributed by atoms with Crippen LogP contribution in [-0.4, -0.2) is 22.1 Å². The minimum Gasteiger partial charge on any atom is -0.366 e. The number of primary amides is 2. The number of amides is 2. The first-order valence-corrected chi connectivity index (χ1v) is 8.19. The first-order valence-electron chi connectivity index (χ1n) is 8.19. The van der Waals surface area contributed by atoms with Crippen molar-refractivity contribution in [2.45, 2.75) is 12.1 Å². The summed E-state index contributed by atoms with van der Waals surface area (Å²) in [6.45, 7) is 0. The van der Waals surface area contributed by atoms with E-state index in [0.29, 0.717) is 33.9 Å². The molecule has 3 aromatic rings. The average Bonchev–Trinajstić information content (AvgIpc) is 3.14. The number of rotatable bonds is 4. The lowest BCUT2D eigenvalue weighted by atomic mass is 9.87. The molecule has 2 atom stereocenters. The van der Waals surface area contributed by atoms with Crippen LogP contribution in [0.2, 0.25) is 0 Å². The quantitative estimate of drug-likeness (QED) is 0.549. The highest BCUT2D eigenvalue weighted by molar-refractivity contribution is 5.96. The number of nitrogens with two attached hydrogens (primary N) is 2. The third kappa shape index (κ3) is 2.84. The number of hydrogen-bond donors (Lipinski definition) is 4. The average molecular weight is 364 g/mol. The fraction of sp³-hybridized carbons (Fsp3) is 0.111. The fourth-order valence-corrected chi connectivity index (χ4v) is 3.34. The second-order valence-corrected chi connectivity index (χ2v) is 6.11. The highest BCUT2D eigenvalue weighted by Crippen LogP contribution is 2.42. The molecule has 9 nitrogen and oxygen atoms in total. The van der Waals surface area contributed by atoms with Gasteiger partial charge in [0.15, 0.2) is 0 Å². The lowest BCUT2D eigenvalue weighted by Gasteiger charge is -2.34. The second-order valence-electron chi connectivity index (χ2n) is 6.11. The molecule has 0 aliphatic carbocycles. The maximum atomic E-state index is 11.9. The van der Waals surface area contributed by atoms with Crippen molar-refractivity contribution in [2.24, 2.45) is 11.5 Å². The molecule has 0 radical (unpaired) electrons. The molecule has 0 bridgehead atoms. The van der Waals surface area contributed by atoms with Crippen LogP contribution in [0.1, 0.15) is 43.9 Å². The predicted octanol–water partition coefficient (Wildman–Crippen LogP) is 1.59. The Hall–Kier alpha value is -3.88. The predicted molar refractivity (Wildman–Crippen MR) is 96.9 cm³/mol. The molecule has 2 unspecified atom stereocenters. The normalized spacial score (nSPS) is 18.1. The van der Waals surface area contributed by atoms with Gasteiger partial charge < -0.3 is 22.1 Å². The van der Waals surface area contributed by atoms with Crippen LogP contribution in [0, 0.1) is 0 Å². The minimum absolute atomic E-state index is 0.360. The Kier molecular flexibility index (Phi) is 3.96. The molecule has 1 aromatic heterocycles. The van der Waals surface area contributed by atoms with Gasteiger partial charge in [0.25, 0.3) is 0 Å². The summed E-state index contributed by atoms with van der Waals surface area (Å²) in [7, 11) is 0. The van der Waals surface area contributed by atoms with Crippen LogP contribution in [0.25, 0.3) is 0 Å². The third-order valence-corrected chi connectivity index (χ3v) is 4.53. The summed E-state index contributed by atoms with van der Waals surface area (Å²) in [6, 6.07) is 13.0. The maximum Gasteiger partial charge on any atom is 0.249 e. The van der Waals surface area contributed by atoms with Gasteiger partial charge in [-0.05, 0) is 33.6 Å². The summed E-state index contributed by atoms with van der Waals surface area (Å²) in [4.78, 5) is 23.9. The van der Waals surface area contributed by atoms with Gasteiger partial charge in [0.1, 0.15) is 0 Å². The van der Waals surface area contributed by atoms with Gasteiger partial charge in [-0.2, -0.15) is 0 Å². The second kappa shape index (κ2) is 6.45. The summed E-state index contributed by atoms with van der Waals surface area (Å²) in [5.74, 6) is -0.323. The first-order chi connectivity index (χ1) is 13.1. The lowest BCUT2D eigenvalue weighted by Crippen LogP contribution is -2.33. The Morgan fingerprint density at radius 2 is 1.19 bits per heavy atom. The van der Waals surface area contributed by atoms with Gasteiger partial charge in [-0.1, -0.05) is 36.4 Å². The largest absolute Gasteiger partial charge is 0.366 e. The molecular weight excluding hydrogens is 348 g/mol. The summed E-state index contributed by atoms with van der Waals surface area (Å²) in [5.41, 5.74) is 13.1. The molecule has 4 rings (SSSR count). The molecule has 2 amide bonds. The molecule has 27 heavy (non-hydrogen) atoms. The first kappa shape index (κ1) is 16.6. The third-order valence-electron chi connectivity index (χ3n) is 4.53. The highest BCUT2D eigenvalue weighted by Gasteiger charge is 2.36. The molecule has 0 saturated carbocycles. The van der Waals surface area contributed by atoms with Gasteiger partial charge >= 0.3 is 0 Å². The number of carbonyl (C=O) groups is 2. The van der Waals surface area contributed by atoms with Crippen molar-refractivity contribution in [3.63, 3.8) is 0 Å². The summed E-state index contributed by atoms with van der Waals surface area (Å²) >= 11 is 0. The van der Waals surface area contributed by atoms with Crippen molar-refractivity contribution >= 4 is 23.5 Å². The van der Waals surface area contributed by atoms with E-state index in [1.807, 2.05) is 0 Å². The number of fused-ring (bicyclic) bond motifs is 1. The van der Waals surface area contributed by atoms with Crippen molar-refractivity contribution < 1.29 is 14.2 Å². The number of aromatic nitrogens is 2. The zero-order valence-corrected chi connectivity index (χ0v) is 14.0. The Morgan fingerprint density at radius 3 is 1.59 bits per heavy atom. The van der Waals surface area contributed by atoms with Gasteiger partial charge in [0, 0.05) is 11.1 Å². The Morgan fingerprint density at radius 1 is 0.778 bits per heavy atom. The number of nitrogens with one attached hydrogen (secondary N) is 2. The van der Waals surface area contributed by atoms with E-state index in [1.165, 1.54) is 0 Å². The monoisotopic (exact) mass is 364 g/mol. The molecule has 2 heterocycles. The summed E-state index contributed by atoms with van der Waals surface area (Å²) < 4.78 is 4.78. The van der Waals surface area contributed by atoms with Crippen LogP contribution >= 0.6 is 0 Å². The van der Waals surface area contributed by atoms with Crippen LogP contribution in [0.5, 0.6) is 0 Å². The molecule has 0 spiro atoms. The summed E-state index contributed by atoms with van der Waals surface area (Å²) in [6.07, 6.45) is 0. The number of benzene rings is 2. The molecule has 2 aromatic carbocycles. The Labute approximate surface area is 153 Å². The Balaban J connectivity index is 1.89. The van der Waals surface area contributed by atoms with Crippen LogP contribution in [0.3, 0.4) is 0 Å². The zero-order chi connectivity index (χ0) is 19.0. The number of hydrogen-bond acceptors (Lipinski definition) is 7. The molecule has 136 valence electrons. The van der Waals surface area contributed by atoms with Gasteiger partial charge in [-0.15, -0.1) is 0 Å². The van der Waals surface area contributed by atoms with Crippen molar-refractivity contribution in [3.05, 3.63) is 70.8 Å². The molecule has 1 aliphatic rings. The molecule has 0 saturated heterocycles. The Bertz CT molecular complexity index is 951. The van der Waals surface area contributed by atoms with Gasteiger partial charge in [-0.3, -0.25) is 9.59 Å². The zero-order valence-electron chi connectivity index (χ0n) is 14.0. The van der Waals surface area contributed by atoms with E-state index in [9.17, 15) is 9.59 Å². The van der Waals surface area contributed by atoms with E-state index >= 15 is 0 Å². The fourth-order valence-electron chi connectivity index (χ4n) is 3.34. The van der Waals surface area contributed by atoms with E-state index < -0.39 is 23.9 Å². The SMILES string of the molecule is NC(=O)c1ccccc1C1Nc2nonc2NC1c1ccccc1C(N)=O. The molecule has 6 N–H and O–H groups in total. The molecule has 1 aliphatic heterocycles. The van der Waals surface area contributed by atoms with E-state index in [0.717, 1.165) is 0 Å². The molecular formula is C18H16N6O3. The van der Waals surface area contributed by atoms with Crippen LogP contribution in [0.15, 0.2) is 53.2 Å². The van der Waals surface area contributed by atoms with Crippen molar-refractivity contribution in [2.75, 3.05) is 10.6 Å².